The van der Waals surface area contributed by atoms with Crippen molar-refractivity contribution in [2.24, 2.45) is 0 Å². The zero-order chi connectivity index (χ0) is 15.2. The molecule has 0 unspecified atom stereocenters. The molecule has 2 aromatic rings. The Morgan fingerprint density at radius 3 is 2.76 bits per heavy atom. The standard InChI is InChI=1S/C16H19N5/c1-3-7-21(11-13-5-4-6-14(18)9-13)16-19-12(2)8-15(10-17)20-16/h4-6,8-9H,3,7,11,18H2,1-2H3. The average Bonchev–Trinajstić information content (AvgIpc) is 2.46. The molecular formula is C16H19N5. The SMILES string of the molecule is CCCN(Cc1cccc(N)c1)c1nc(C)cc(C#N)n1. The molecule has 2 N–H and O–H groups in total. The lowest BCUT2D eigenvalue weighted by Crippen LogP contribution is -2.26. The van der Waals surface area contributed by atoms with E-state index in [-0.39, 0.29) is 0 Å². The highest BCUT2D eigenvalue weighted by Gasteiger charge is 2.11. The summed E-state index contributed by atoms with van der Waals surface area (Å²) in [5.74, 6) is 0.593. The fraction of sp³-hybridized carbons (Fsp3) is 0.312. The van der Waals surface area contributed by atoms with E-state index < -0.39 is 0 Å². The maximum absolute atomic E-state index is 9.05. The number of benzene rings is 1. The van der Waals surface area contributed by atoms with Gasteiger partial charge in [0.25, 0.3) is 0 Å². The van der Waals surface area contributed by atoms with E-state index in [9.17, 15) is 0 Å². The lowest BCUT2D eigenvalue weighted by Gasteiger charge is -2.22. The van der Waals surface area contributed by atoms with Crippen LogP contribution >= 0.6 is 0 Å². The zero-order valence-electron chi connectivity index (χ0n) is 12.4. The van der Waals surface area contributed by atoms with Crippen molar-refractivity contribution in [3.8, 4) is 6.07 Å². The molecule has 21 heavy (non-hydrogen) atoms. The van der Waals surface area contributed by atoms with Gasteiger partial charge in [-0.05, 0) is 37.1 Å². The molecule has 0 atom stereocenters. The van der Waals surface area contributed by atoms with Crippen LogP contribution in [-0.4, -0.2) is 16.5 Å². The first kappa shape index (κ1) is 14.8. The summed E-state index contributed by atoms with van der Waals surface area (Å²) in [7, 11) is 0. The molecule has 108 valence electrons. The Kier molecular flexibility index (Phi) is 4.72. The molecule has 0 amide bonds. The Morgan fingerprint density at radius 1 is 1.29 bits per heavy atom. The predicted molar refractivity (Wildman–Crippen MR) is 83.7 cm³/mol. The van der Waals surface area contributed by atoms with Crippen LogP contribution in [0.2, 0.25) is 0 Å². The molecule has 0 fully saturated rings. The Balaban J connectivity index is 2.30. The van der Waals surface area contributed by atoms with Crippen molar-refractivity contribution in [3.63, 3.8) is 0 Å². The first-order valence-electron chi connectivity index (χ1n) is 6.97. The second-order valence-corrected chi connectivity index (χ2v) is 4.97. The van der Waals surface area contributed by atoms with E-state index in [1.807, 2.05) is 31.2 Å². The summed E-state index contributed by atoms with van der Waals surface area (Å²) < 4.78 is 0. The van der Waals surface area contributed by atoms with E-state index in [0.717, 1.165) is 29.9 Å². The molecule has 0 aliphatic carbocycles. The number of hydrogen-bond acceptors (Lipinski definition) is 5. The van der Waals surface area contributed by atoms with E-state index in [4.69, 9.17) is 11.0 Å². The summed E-state index contributed by atoms with van der Waals surface area (Å²) in [5, 5.41) is 9.05. The van der Waals surface area contributed by atoms with Crippen LogP contribution in [0.25, 0.3) is 0 Å². The van der Waals surface area contributed by atoms with Gasteiger partial charge in [-0.2, -0.15) is 5.26 Å². The molecule has 1 heterocycles. The highest BCUT2D eigenvalue weighted by Crippen LogP contribution is 2.16. The van der Waals surface area contributed by atoms with Gasteiger partial charge in [-0.15, -0.1) is 0 Å². The van der Waals surface area contributed by atoms with Crippen LogP contribution in [0.4, 0.5) is 11.6 Å². The molecule has 5 heteroatoms. The normalized spacial score (nSPS) is 10.1. The number of nitrogens with two attached hydrogens (primary N) is 1. The number of nitrogen functional groups attached to an aromatic ring is 1. The largest absolute Gasteiger partial charge is 0.399 e. The van der Waals surface area contributed by atoms with Gasteiger partial charge < -0.3 is 10.6 Å². The monoisotopic (exact) mass is 281 g/mol. The van der Waals surface area contributed by atoms with Gasteiger partial charge in [-0.3, -0.25) is 0 Å². The summed E-state index contributed by atoms with van der Waals surface area (Å²) in [6.07, 6.45) is 0.974. The molecule has 0 spiro atoms. The van der Waals surface area contributed by atoms with Crippen LogP contribution in [-0.2, 0) is 6.54 Å². The molecule has 0 bridgehead atoms. The minimum atomic E-state index is 0.395. The van der Waals surface area contributed by atoms with Gasteiger partial charge in [0.1, 0.15) is 11.8 Å². The Bertz CT molecular complexity index is 660. The van der Waals surface area contributed by atoms with Crippen molar-refractivity contribution in [2.45, 2.75) is 26.8 Å². The van der Waals surface area contributed by atoms with Crippen LogP contribution in [0.3, 0.4) is 0 Å². The van der Waals surface area contributed by atoms with Crippen molar-refractivity contribution in [1.82, 2.24) is 9.97 Å². The van der Waals surface area contributed by atoms with Gasteiger partial charge in [-0.25, -0.2) is 9.97 Å². The molecule has 0 aliphatic rings. The molecule has 0 saturated heterocycles. The van der Waals surface area contributed by atoms with E-state index >= 15 is 0 Å². The van der Waals surface area contributed by atoms with Crippen LogP contribution in [0.5, 0.6) is 0 Å². The van der Waals surface area contributed by atoms with Crippen molar-refractivity contribution < 1.29 is 0 Å². The topological polar surface area (TPSA) is 78.8 Å². The predicted octanol–water partition coefficient (Wildman–Crippen LogP) is 2.66. The van der Waals surface area contributed by atoms with Crippen LogP contribution in [0, 0.1) is 18.3 Å². The third-order valence-electron chi connectivity index (χ3n) is 3.06. The summed E-state index contributed by atoms with van der Waals surface area (Å²) >= 11 is 0. The fourth-order valence-corrected chi connectivity index (χ4v) is 2.18. The number of aromatic nitrogens is 2. The smallest absolute Gasteiger partial charge is 0.227 e. The summed E-state index contributed by atoms with van der Waals surface area (Å²) in [6, 6.07) is 11.5. The van der Waals surface area contributed by atoms with Crippen molar-refractivity contribution in [2.75, 3.05) is 17.2 Å². The quantitative estimate of drug-likeness (QED) is 0.852. The van der Waals surface area contributed by atoms with Crippen LogP contribution in [0.15, 0.2) is 30.3 Å². The number of aryl methyl sites for hydroxylation is 1. The molecule has 0 aliphatic heterocycles. The number of nitrogens with zero attached hydrogens (tertiary/aromatic N) is 4. The van der Waals surface area contributed by atoms with Crippen molar-refractivity contribution in [3.05, 3.63) is 47.3 Å². The summed E-state index contributed by atoms with van der Waals surface area (Å²) in [6.45, 7) is 5.47. The lowest BCUT2D eigenvalue weighted by molar-refractivity contribution is 0.735. The molecule has 2 rings (SSSR count). The number of nitriles is 1. The van der Waals surface area contributed by atoms with Crippen LogP contribution < -0.4 is 10.6 Å². The minimum absolute atomic E-state index is 0.395. The average molecular weight is 281 g/mol. The second kappa shape index (κ2) is 6.71. The van der Waals surface area contributed by atoms with Gasteiger partial charge in [-0.1, -0.05) is 19.1 Å². The minimum Gasteiger partial charge on any atom is -0.399 e. The van der Waals surface area contributed by atoms with Gasteiger partial charge >= 0.3 is 0 Å². The van der Waals surface area contributed by atoms with E-state index in [2.05, 4.69) is 27.9 Å². The van der Waals surface area contributed by atoms with Gasteiger partial charge in [0, 0.05) is 24.5 Å². The fourth-order valence-electron chi connectivity index (χ4n) is 2.18. The molecule has 1 aromatic heterocycles. The summed E-state index contributed by atoms with van der Waals surface area (Å²) in [4.78, 5) is 10.8. The Morgan fingerprint density at radius 2 is 2.10 bits per heavy atom. The van der Waals surface area contributed by atoms with Crippen molar-refractivity contribution in [1.29, 1.82) is 5.26 Å². The van der Waals surface area contributed by atoms with Crippen LogP contribution in [0.1, 0.15) is 30.3 Å². The second-order valence-electron chi connectivity index (χ2n) is 4.97. The molecule has 5 nitrogen and oxygen atoms in total. The zero-order valence-corrected chi connectivity index (χ0v) is 12.4. The Labute approximate surface area is 125 Å². The highest BCUT2D eigenvalue weighted by molar-refractivity contribution is 5.43. The number of anilines is 2. The lowest BCUT2D eigenvalue weighted by atomic mass is 10.2. The summed E-state index contributed by atoms with van der Waals surface area (Å²) in [5.41, 5.74) is 8.86. The van der Waals surface area contributed by atoms with Gasteiger partial charge in [0.2, 0.25) is 5.95 Å². The molecule has 0 saturated carbocycles. The highest BCUT2D eigenvalue weighted by atomic mass is 15.2. The third-order valence-corrected chi connectivity index (χ3v) is 3.06. The third kappa shape index (κ3) is 3.93. The molecule has 0 radical (unpaired) electrons. The molecule has 1 aromatic carbocycles. The first-order valence-corrected chi connectivity index (χ1v) is 6.97. The van der Waals surface area contributed by atoms with E-state index in [0.29, 0.717) is 18.2 Å². The van der Waals surface area contributed by atoms with Gasteiger partial charge in [0.05, 0.1) is 0 Å². The van der Waals surface area contributed by atoms with Crippen molar-refractivity contribution >= 4 is 11.6 Å². The maximum atomic E-state index is 9.05. The maximum Gasteiger partial charge on any atom is 0.227 e. The Hall–Kier alpha value is -2.61. The number of rotatable bonds is 5. The first-order chi connectivity index (χ1) is 10.1. The van der Waals surface area contributed by atoms with E-state index in [1.165, 1.54) is 0 Å². The van der Waals surface area contributed by atoms with E-state index in [1.54, 1.807) is 6.07 Å². The molecular weight excluding hydrogens is 262 g/mol. The number of hydrogen-bond donors (Lipinski definition) is 1. The van der Waals surface area contributed by atoms with Gasteiger partial charge in [0.15, 0.2) is 0 Å².